The average Bonchev–Trinajstić information content (AvgIpc) is 2.51. The third-order valence-electron chi connectivity index (χ3n) is 3.30. The zero-order chi connectivity index (χ0) is 15.0. The highest BCUT2D eigenvalue weighted by Gasteiger charge is 2.17. The third-order valence-corrected chi connectivity index (χ3v) is 3.30. The Kier molecular flexibility index (Phi) is 3.10. The van der Waals surface area contributed by atoms with Gasteiger partial charge in [-0.1, -0.05) is 12.1 Å². The Morgan fingerprint density at radius 1 is 1.10 bits per heavy atom. The van der Waals surface area contributed by atoms with Crippen LogP contribution in [0.3, 0.4) is 0 Å². The number of carbonyl (C=O) groups is 1. The minimum atomic E-state index is -0.513. The van der Waals surface area contributed by atoms with Crippen LogP contribution in [0, 0.1) is 5.82 Å². The quantitative estimate of drug-likeness (QED) is 0.678. The summed E-state index contributed by atoms with van der Waals surface area (Å²) in [6.45, 7) is 0. The number of aryl methyl sites for hydroxylation is 1. The van der Waals surface area contributed by atoms with Gasteiger partial charge in [0.25, 0.3) is 5.56 Å². The average molecular weight is 282 g/mol. The van der Waals surface area contributed by atoms with E-state index in [9.17, 15) is 14.0 Å². The summed E-state index contributed by atoms with van der Waals surface area (Å²) in [5, 5.41) is 0. The highest BCUT2D eigenvalue weighted by molar-refractivity contribution is 6.08. The molecular weight excluding hydrogens is 271 g/mol. The van der Waals surface area contributed by atoms with Gasteiger partial charge in [-0.25, -0.2) is 9.37 Å². The Bertz CT molecular complexity index is 898. The molecule has 104 valence electrons. The number of halogens is 1. The maximum atomic E-state index is 12.9. The summed E-state index contributed by atoms with van der Waals surface area (Å²) in [4.78, 5) is 28.8. The predicted octanol–water partition coefficient (Wildman–Crippen LogP) is 2.30. The highest BCUT2D eigenvalue weighted by atomic mass is 19.1. The Balaban J connectivity index is 2.20. The van der Waals surface area contributed by atoms with E-state index in [0.29, 0.717) is 11.0 Å². The molecule has 0 atom stereocenters. The van der Waals surface area contributed by atoms with Crippen molar-refractivity contribution < 1.29 is 9.18 Å². The molecule has 0 N–H and O–H groups in total. The molecule has 0 aliphatic carbocycles. The SMILES string of the molecule is Cn1c(=O)c(C(=O)c2ccc(F)cc2)nc2ccccc21. The largest absolute Gasteiger partial charge is 0.308 e. The minimum Gasteiger partial charge on any atom is -0.308 e. The third kappa shape index (κ3) is 2.23. The Labute approximate surface area is 119 Å². The van der Waals surface area contributed by atoms with Gasteiger partial charge in [0.2, 0.25) is 5.78 Å². The van der Waals surface area contributed by atoms with Crippen LogP contribution in [0.4, 0.5) is 4.39 Å². The van der Waals surface area contributed by atoms with Crippen molar-refractivity contribution in [1.82, 2.24) is 9.55 Å². The fourth-order valence-corrected chi connectivity index (χ4v) is 2.16. The number of aromatic nitrogens is 2. The number of benzene rings is 2. The van der Waals surface area contributed by atoms with Crippen molar-refractivity contribution in [3.8, 4) is 0 Å². The molecule has 1 heterocycles. The standard InChI is InChI=1S/C16H11FN2O2/c1-19-13-5-3-2-4-12(13)18-14(16(19)21)15(20)10-6-8-11(17)9-7-10/h2-9H,1H3. The van der Waals surface area contributed by atoms with Gasteiger partial charge in [0.1, 0.15) is 5.82 Å². The minimum absolute atomic E-state index is 0.164. The highest BCUT2D eigenvalue weighted by Crippen LogP contribution is 2.12. The van der Waals surface area contributed by atoms with E-state index in [4.69, 9.17) is 0 Å². The number of rotatable bonds is 2. The molecule has 0 amide bonds. The van der Waals surface area contributed by atoms with Gasteiger partial charge in [0, 0.05) is 12.6 Å². The zero-order valence-electron chi connectivity index (χ0n) is 11.2. The van der Waals surface area contributed by atoms with Crippen LogP contribution in [0.2, 0.25) is 0 Å². The van der Waals surface area contributed by atoms with E-state index in [2.05, 4.69) is 4.98 Å². The first kappa shape index (κ1) is 13.2. The van der Waals surface area contributed by atoms with Gasteiger partial charge in [0.15, 0.2) is 5.69 Å². The fourth-order valence-electron chi connectivity index (χ4n) is 2.16. The molecule has 3 rings (SSSR count). The number of para-hydroxylation sites is 2. The number of carbonyl (C=O) groups excluding carboxylic acids is 1. The topological polar surface area (TPSA) is 52.0 Å². The van der Waals surface area contributed by atoms with Gasteiger partial charge in [0.05, 0.1) is 11.0 Å². The van der Waals surface area contributed by atoms with Gasteiger partial charge in [-0.15, -0.1) is 0 Å². The molecule has 0 spiro atoms. The van der Waals surface area contributed by atoms with E-state index >= 15 is 0 Å². The van der Waals surface area contributed by atoms with Crippen LogP contribution in [0.25, 0.3) is 11.0 Å². The molecule has 21 heavy (non-hydrogen) atoms. The van der Waals surface area contributed by atoms with E-state index in [-0.39, 0.29) is 11.3 Å². The molecule has 0 aliphatic rings. The van der Waals surface area contributed by atoms with Gasteiger partial charge in [-0.2, -0.15) is 0 Å². The van der Waals surface area contributed by atoms with Crippen molar-refractivity contribution in [1.29, 1.82) is 0 Å². The Hall–Kier alpha value is -2.82. The smallest absolute Gasteiger partial charge is 0.280 e. The van der Waals surface area contributed by atoms with E-state index < -0.39 is 17.2 Å². The van der Waals surface area contributed by atoms with Crippen molar-refractivity contribution in [2.24, 2.45) is 7.05 Å². The Morgan fingerprint density at radius 2 is 1.76 bits per heavy atom. The number of hydrogen-bond acceptors (Lipinski definition) is 3. The van der Waals surface area contributed by atoms with E-state index in [0.717, 1.165) is 0 Å². The molecule has 0 saturated heterocycles. The van der Waals surface area contributed by atoms with Gasteiger partial charge in [-0.3, -0.25) is 9.59 Å². The molecule has 0 saturated carbocycles. The molecule has 4 nitrogen and oxygen atoms in total. The summed E-state index contributed by atoms with van der Waals surface area (Å²) in [5.41, 5.74) is 0.810. The van der Waals surface area contributed by atoms with Crippen molar-refractivity contribution in [2.75, 3.05) is 0 Å². The maximum Gasteiger partial charge on any atom is 0.280 e. The maximum absolute atomic E-state index is 12.9. The van der Waals surface area contributed by atoms with E-state index in [1.54, 1.807) is 31.3 Å². The second-order valence-electron chi connectivity index (χ2n) is 4.65. The van der Waals surface area contributed by atoms with Gasteiger partial charge >= 0.3 is 0 Å². The molecule has 0 radical (unpaired) electrons. The molecular formula is C16H11FN2O2. The van der Waals surface area contributed by atoms with Crippen LogP contribution in [0.1, 0.15) is 16.1 Å². The lowest BCUT2D eigenvalue weighted by molar-refractivity contribution is 0.103. The molecule has 0 aliphatic heterocycles. The lowest BCUT2D eigenvalue weighted by Crippen LogP contribution is -2.27. The number of fused-ring (bicyclic) bond motifs is 1. The normalized spacial score (nSPS) is 10.8. The summed E-state index contributed by atoms with van der Waals surface area (Å²) < 4.78 is 14.3. The second-order valence-corrected chi connectivity index (χ2v) is 4.65. The monoisotopic (exact) mass is 282 g/mol. The van der Waals surface area contributed by atoms with Crippen LogP contribution in [-0.2, 0) is 7.05 Å². The summed E-state index contributed by atoms with van der Waals surface area (Å²) in [6.07, 6.45) is 0. The summed E-state index contributed by atoms with van der Waals surface area (Å²) >= 11 is 0. The van der Waals surface area contributed by atoms with Gasteiger partial charge in [-0.05, 0) is 36.4 Å². The molecule has 1 aromatic heterocycles. The van der Waals surface area contributed by atoms with Crippen LogP contribution >= 0.6 is 0 Å². The van der Waals surface area contributed by atoms with E-state index in [1.165, 1.54) is 28.8 Å². The molecule has 2 aromatic carbocycles. The van der Waals surface area contributed by atoms with Gasteiger partial charge < -0.3 is 4.57 Å². The van der Waals surface area contributed by atoms with Crippen molar-refractivity contribution in [3.05, 3.63) is 76.0 Å². The van der Waals surface area contributed by atoms with E-state index in [1.807, 2.05) is 0 Å². The lowest BCUT2D eigenvalue weighted by atomic mass is 10.1. The first-order chi connectivity index (χ1) is 10.1. The molecule has 0 unspecified atom stereocenters. The zero-order valence-corrected chi connectivity index (χ0v) is 11.2. The van der Waals surface area contributed by atoms with Crippen LogP contribution in [-0.4, -0.2) is 15.3 Å². The van der Waals surface area contributed by atoms with Crippen molar-refractivity contribution in [3.63, 3.8) is 0 Å². The summed E-state index contributed by atoms with van der Waals surface area (Å²) in [7, 11) is 1.59. The predicted molar refractivity (Wildman–Crippen MR) is 76.8 cm³/mol. The molecule has 0 fully saturated rings. The van der Waals surface area contributed by atoms with Crippen molar-refractivity contribution in [2.45, 2.75) is 0 Å². The van der Waals surface area contributed by atoms with Crippen LogP contribution in [0.15, 0.2) is 53.3 Å². The first-order valence-corrected chi connectivity index (χ1v) is 6.34. The number of hydrogen-bond donors (Lipinski definition) is 0. The molecule has 3 aromatic rings. The summed E-state index contributed by atoms with van der Waals surface area (Å²) in [6, 6.07) is 12.1. The summed E-state index contributed by atoms with van der Waals surface area (Å²) in [5.74, 6) is -0.952. The molecule has 0 bridgehead atoms. The fraction of sp³-hybridized carbons (Fsp3) is 0.0625. The first-order valence-electron chi connectivity index (χ1n) is 6.34. The van der Waals surface area contributed by atoms with Crippen LogP contribution in [0.5, 0.6) is 0 Å². The lowest BCUT2D eigenvalue weighted by Gasteiger charge is -2.07. The second kappa shape index (κ2) is 4.94. The Morgan fingerprint density at radius 3 is 2.48 bits per heavy atom. The number of nitrogens with zero attached hydrogens (tertiary/aromatic N) is 2. The van der Waals surface area contributed by atoms with Crippen molar-refractivity contribution >= 4 is 16.8 Å². The molecule has 5 heteroatoms. The number of ketones is 1. The van der Waals surface area contributed by atoms with Crippen LogP contribution < -0.4 is 5.56 Å².